The van der Waals surface area contributed by atoms with Gasteiger partial charge in [-0.3, -0.25) is 0 Å². The molecule has 0 rings (SSSR count). The van der Waals surface area contributed by atoms with Crippen molar-refractivity contribution in [2.24, 2.45) is 0 Å². The fourth-order valence-electron chi connectivity index (χ4n) is 1.52. The summed E-state index contributed by atoms with van der Waals surface area (Å²) in [5.74, 6) is 0. The van der Waals surface area contributed by atoms with Gasteiger partial charge in [-0.15, -0.1) is 0 Å². The lowest BCUT2D eigenvalue weighted by atomic mass is 10.5. The highest BCUT2D eigenvalue weighted by atomic mass is 28.4. The lowest BCUT2D eigenvalue weighted by Crippen LogP contribution is -2.46. The van der Waals surface area contributed by atoms with Crippen molar-refractivity contribution in [1.29, 1.82) is 0 Å². The monoisotopic (exact) mass is 220 g/mol. The van der Waals surface area contributed by atoms with Gasteiger partial charge in [-0.2, -0.15) is 0 Å². The highest BCUT2D eigenvalue weighted by Gasteiger charge is 2.37. The van der Waals surface area contributed by atoms with E-state index in [9.17, 15) is 0 Å². The van der Waals surface area contributed by atoms with E-state index >= 15 is 0 Å². The van der Waals surface area contributed by atoms with Crippen molar-refractivity contribution in [1.82, 2.24) is 0 Å². The Morgan fingerprint density at radius 1 is 1.07 bits per heavy atom. The SMILES string of the molecule is CC[Si](CCO)(OC(C)C)OC(C)C. The van der Waals surface area contributed by atoms with Crippen LogP contribution in [-0.4, -0.2) is 32.5 Å². The maximum atomic E-state index is 9.03. The molecule has 0 heterocycles. The molecular formula is C10H24O3Si. The van der Waals surface area contributed by atoms with Gasteiger partial charge in [0, 0.05) is 24.9 Å². The lowest BCUT2D eigenvalue weighted by molar-refractivity contribution is 0.101. The van der Waals surface area contributed by atoms with E-state index in [2.05, 4.69) is 6.92 Å². The van der Waals surface area contributed by atoms with E-state index in [-0.39, 0.29) is 18.8 Å². The molecule has 0 aromatic heterocycles. The summed E-state index contributed by atoms with van der Waals surface area (Å²) in [5, 5.41) is 9.03. The van der Waals surface area contributed by atoms with Crippen LogP contribution in [-0.2, 0) is 8.85 Å². The van der Waals surface area contributed by atoms with E-state index < -0.39 is 8.56 Å². The Morgan fingerprint density at radius 2 is 1.50 bits per heavy atom. The van der Waals surface area contributed by atoms with E-state index in [0.29, 0.717) is 6.04 Å². The van der Waals surface area contributed by atoms with Crippen LogP contribution in [0.15, 0.2) is 0 Å². The van der Waals surface area contributed by atoms with E-state index in [4.69, 9.17) is 14.0 Å². The quantitative estimate of drug-likeness (QED) is 0.669. The third-order valence-electron chi connectivity index (χ3n) is 1.93. The highest BCUT2D eigenvalue weighted by Crippen LogP contribution is 2.22. The Kier molecular flexibility index (Phi) is 6.60. The van der Waals surface area contributed by atoms with Gasteiger partial charge >= 0.3 is 8.56 Å². The summed E-state index contributed by atoms with van der Waals surface area (Å²) in [7, 11) is -2.15. The Balaban J connectivity index is 4.42. The molecular weight excluding hydrogens is 196 g/mol. The number of hydrogen-bond donors (Lipinski definition) is 1. The Morgan fingerprint density at radius 3 is 1.71 bits per heavy atom. The zero-order valence-corrected chi connectivity index (χ0v) is 11.0. The summed E-state index contributed by atoms with van der Waals surface area (Å²) < 4.78 is 11.8. The summed E-state index contributed by atoms with van der Waals surface area (Å²) >= 11 is 0. The smallest absolute Gasteiger partial charge is 0.340 e. The van der Waals surface area contributed by atoms with Gasteiger partial charge in [-0.05, 0) is 33.7 Å². The summed E-state index contributed by atoms with van der Waals surface area (Å²) in [6, 6.07) is 1.56. The van der Waals surface area contributed by atoms with Gasteiger partial charge < -0.3 is 14.0 Å². The molecule has 0 fully saturated rings. The van der Waals surface area contributed by atoms with Crippen LogP contribution < -0.4 is 0 Å². The molecule has 14 heavy (non-hydrogen) atoms. The van der Waals surface area contributed by atoms with Crippen LogP contribution in [0.1, 0.15) is 34.6 Å². The molecule has 0 aliphatic rings. The average molecular weight is 220 g/mol. The van der Waals surface area contributed by atoms with Crippen molar-refractivity contribution >= 4 is 8.56 Å². The molecule has 0 spiro atoms. The van der Waals surface area contributed by atoms with Crippen LogP contribution in [0, 0.1) is 0 Å². The van der Waals surface area contributed by atoms with E-state index in [1.165, 1.54) is 0 Å². The van der Waals surface area contributed by atoms with Crippen molar-refractivity contribution in [2.75, 3.05) is 6.61 Å². The van der Waals surface area contributed by atoms with Crippen LogP contribution in [0.3, 0.4) is 0 Å². The first kappa shape index (κ1) is 14.1. The summed E-state index contributed by atoms with van der Waals surface area (Å²) in [4.78, 5) is 0. The molecule has 0 saturated carbocycles. The van der Waals surface area contributed by atoms with Gasteiger partial charge in [0.2, 0.25) is 0 Å². The zero-order valence-electron chi connectivity index (χ0n) is 10.0. The van der Waals surface area contributed by atoms with Crippen LogP contribution in [0.2, 0.25) is 12.1 Å². The van der Waals surface area contributed by atoms with E-state index in [1.807, 2.05) is 27.7 Å². The molecule has 0 bridgehead atoms. The maximum absolute atomic E-state index is 9.03. The molecule has 0 aromatic rings. The average Bonchev–Trinajstić information content (AvgIpc) is 2.02. The van der Waals surface area contributed by atoms with Crippen LogP contribution in [0.5, 0.6) is 0 Å². The van der Waals surface area contributed by atoms with Crippen molar-refractivity contribution < 1.29 is 14.0 Å². The second-order valence-corrected chi connectivity index (χ2v) is 7.57. The van der Waals surface area contributed by atoms with E-state index in [0.717, 1.165) is 6.04 Å². The largest absolute Gasteiger partial charge is 0.396 e. The molecule has 1 N–H and O–H groups in total. The predicted octanol–water partition coefficient (Wildman–Crippen LogP) is 2.29. The Labute approximate surface area is 88.7 Å². The first-order chi connectivity index (χ1) is 6.45. The molecule has 3 nitrogen and oxygen atoms in total. The first-order valence-corrected chi connectivity index (χ1v) is 7.65. The third kappa shape index (κ3) is 5.10. The number of aliphatic hydroxyl groups excluding tert-OH is 1. The first-order valence-electron chi connectivity index (χ1n) is 5.42. The molecule has 0 amide bonds. The Hall–Kier alpha value is 0.0969. The van der Waals surface area contributed by atoms with Crippen LogP contribution >= 0.6 is 0 Å². The highest BCUT2D eigenvalue weighted by molar-refractivity contribution is 6.67. The molecule has 0 atom stereocenters. The minimum Gasteiger partial charge on any atom is -0.396 e. The number of rotatable bonds is 7. The molecule has 0 aliphatic carbocycles. The molecule has 4 heteroatoms. The Bertz CT molecular complexity index is 138. The normalized spacial score (nSPS) is 12.9. The fourth-order valence-corrected chi connectivity index (χ4v) is 4.56. The second-order valence-electron chi connectivity index (χ2n) is 4.07. The molecule has 0 radical (unpaired) electrons. The second kappa shape index (κ2) is 6.56. The number of hydrogen-bond acceptors (Lipinski definition) is 3. The van der Waals surface area contributed by atoms with Gasteiger partial charge in [0.05, 0.1) is 0 Å². The lowest BCUT2D eigenvalue weighted by Gasteiger charge is -2.33. The van der Waals surface area contributed by atoms with Crippen molar-refractivity contribution in [3.63, 3.8) is 0 Å². The minimum atomic E-state index is -2.15. The van der Waals surface area contributed by atoms with Gasteiger partial charge in [0.25, 0.3) is 0 Å². The topological polar surface area (TPSA) is 38.7 Å². The molecule has 0 unspecified atom stereocenters. The van der Waals surface area contributed by atoms with Gasteiger partial charge in [-0.25, -0.2) is 0 Å². The van der Waals surface area contributed by atoms with Crippen molar-refractivity contribution in [2.45, 2.75) is 58.9 Å². The standard InChI is InChI=1S/C10H24O3Si/c1-6-14(8-7-11,12-9(2)3)13-10(4)5/h9-11H,6-8H2,1-5H3. The van der Waals surface area contributed by atoms with Crippen molar-refractivity contribution in [3.05, 3.63) is 0 Å². The number of aliphatic hydroxyl groups is 1. The molecule has 0 saturated heterocycles. The third-order valence-corrected chi connectivity index (χ3v) is 5.80. The summed E-state index contributed by atoms with van der Waals surface area (Å²) in [6.45, 7) is 10.3. The fraction of sp³-hybridized carbons (Fsp3) is 1.00. The zero-order chi connectivity index (χ0) is 11.2. The van der Waals surface area contributed by atoms with Crippen molar-refractivity contribution in [3.8, 4) is 0 Å². The molecule has 0 aromatic carbocycles. The maximum Gasteiger partial charge on any atom is 0.340 e. The van der Waals surface area contributed by atoms with Crippen LogP contribution in [0.25, 0.3) is 0 Å². The van der Waals surface area contributed by atoms with Gasteiger partial charge in [0.15, 0.2) is 0 Å². The predicted molar refractivity (Wildman–Crippen MR) is 60.6 cm³/mol. The van der Waals surface area contributed by atoms with E-state index in [1.54, 1.807) is 0 Å². The summed E-state index contributed by atoms with van der Waals surface area (Å²) in [6.07, 6.45) is 0.346. The summed E-state index contributed by atoms with van der Waals surface area (Å²) in [5.41, 5.74) is 0. The molecule has 0 aliphatic heterocycles. The van der Waals surface area contributed by atoms with Gasteiger partial charge in [-0.1, -0.05) is 6.92 Å². The molecule has 86 valence electrons. The van der Waals surface area contributed by atoms with Gasteiger partial charge in [0.1, 0.15) is 0 Å². The minimum absolute atomic E-state index is 0.152. The van der Waals surface area contributed by atoms with Crippen LogP contribution in [0.4, 0.5) is 0 Å².